The van der Waals surface area contributed by atoms with Crippen LogP contribution in [0.1, 0.15) is 11.1 Å². The quantitative estimate of drug-likeness (QED) is 0.838. The molecule has 2 aliphatic heterocycles. The fraction of sp³-hybridized carbons (Fsp3) is 0.0667. The maximum atomic E-state index is 12.3. The topological polar surface area (TPSA) is 58.7 Å². The van der Waals surface area contributed by atoms with Crippen molar-refractivity contribution in [1.29, 1.82) is 0 Å². The molecule has 0 saturated carbocycles. The van der Waals surface area contributed by atoms with Gasteiger partial charge in [0.25, 0.3) is 0 Å². The zero-order chi connectivity index (χ0) is 16.0. The van der Waals surface area contributed by atoms with Gasteiger partial charge in [-0.3, -0.25) is 0 Å². The van der Waals surface area contributed by atoms with Gasteiger partial charge in [0.2, 0.25) is 0 Å². The van der Waals surface area contributed by atoms with E-state index in [9.17, 15) is 13.2 Å². The molecule has 2 aromatic rings. The van der Waals surface area contributed by atoms with Crippen LogP contribution in [0.2, 0.25) is 0 Å². The Balaban J connectivity index is 1.72. The van der Waals surface area contributed by atoms with E-state index in [0.29, 0.717) is 27.8 Å². The number of fused-ring (bicyclic) bond motifs is 2. The predicted octanol–water partition coefficient (Wildman–Crippen LogP) is 2.26. The summed E-state index contributed by atoms with van der Waals surface area (Å²) in [4.78, 5) is 8.68. The highest BCUT2D eigenvalue weighted by atomic mass is 19.4. The molecule has 0 saturated heterocycles. The summed E-state index contributed by atoms with van der Waals surface area (Å²) >= 11 is 0. The number of halogens is 3. The van der Waals surface area contributed by atoms with Crippen LogP contribution in [0.25, 0.3) is 0 Å². The molecule has 8 heteroatoms. The van der Waals surface area contributed by atoms with Gasteiger partial charge in [-0.2, -0.15) is 10.2 Å². The van der Waals surface area contributed by atoms with E-state index in [2.05, 4.69) is 24.9 Å². The summed E-state index contributed by atoms with van der Waals surface area (Å²) < 4.78 is 40.8. The van der Waals surface area contributed by atoms with Crippen molar-refractivity contribution in [2.24, 2.45) is 20.2 Å². The molecule has 2 heterocycles. The van der Waals surface area contributed by atoms with Gasteiger partial charge in [0, 0.05) is 11.1 Å². The van der Waals surface area contributed by atoms with Crippen molar-refractivity contribution in [3.63, 3.8) is 0 Å². The van der Waals surface area contributed by atoms with Crippen LogP contribution in [-0.2, 0) is 0 Å². The Morgan fingerprint density at radius 2 is 1.83 bits per heavy atom. The van der Waals surface area contributed by atoms with Crippen LogP contribution < -0.4 is 15.5 Å². The average molecular weight is 316 g/mol. The molecule has 0 radical (unpaired) electrons. The molecule has 23 heavy (non-hydrogen) atoms. The van der Waals surface area contributed by atoms with Crippen molar-refractivity contribution in [3.8, 4) is 5.75 Å². The molecule has 114 valence electrons. The summed E-state index contributed by atoms with van der Waals surface area (Å²) in [5.74, 6) is 0.0155. The average Bonchev–Trinajstić information content (AvgIpc) is 3.08. The molecule has 0 N–H and O–H groups in total. The molecule has 0 fully saturated rings. The lowest BCUT2D eigenvalue weighted by Gasteiger charge is -2.09. The van der Waals surface area contributed by atoms with E-state index in [1.165, 1.54) is 18.2 Å². The van der Waals surface area contributed by atoms with Gasteiger partial charge in [-0.15, -0.1) is 13.2 Å². The molecule has 5 nitrogen and oxygen atoms in total. The number of nitrogens with zero attached hydrogens (tertiary/aromatic N) is 4. The summed E-state index contributed by atoms with van der Waals surface area (Å²) in [6.45, 7) is 0. The Morgan fingerprint density at radius 3 is 2.65 bits per heavy atom. The number of hydrogen-bond acceptors (Lipinski definition) is 5. The number of hydrogen-bond donors (Lipinski definition) is 0. The standard InChI is InChI=1S/C15H7F3N4O/c16-15(17,18)23-10-3-1-2-8(4-10)14-20-12-5-9-7-19-22-11(9)6-13(12)21-14/h1-7H. The Morgan fingerprint density at radius 1 is 0.957 bits per heavy atom. The van der Waals surface area contributed by atoms with Gasteiger partial charge in [0.05, 0.1) is 22.6 Å². The van der Waals surface area contributed by atoms with Gasteiger partial charge < -0.3 is 4.74 Å². The monoisotopic (exact) mass is 316 g/mol. The normalized spacial score (nSPS) is 14.7. The minimum absolute atomic E-state index is 0.312. The number of rotatable bonds is 2. The zero-order valence-electron chi connectivity index (χ0n) is 11.4. The first-order chi connectivity index (χ1) is 11.0. The maximum absolute atomic E-state index is 12.3. The smallest absolute Gasteiger partial charge is 0.406 e. The molecule has 0 spiro atoms. The highest BCUT2D eigenvalue weighted by Crippen LogP contribution is 2.24. The summed E-state index contributed by atoms with van der Waals surface area (Å²) in [5.41, 5.74) is 1.88. The lowest BCUT2D eigenvalue weighted by Crippen LogP contribution is -2.17. The van der Waals surface area contributed by atoms with Gasteiger partial charge in [-0.05, 0) is 24.3 Å². The molecule has 0 aliphatic carbocycles. The van der Waals surface area contributed by atoms with Crippen molar-refractivity contribution in [2.75, 3.05) is 0 Å². The SMILES string of the molecule is FC(F)(F)Oc1cccc(C2=Nc3cc4c(cc3=N2)C=NN=4)c1. The number of alkyl halides is 3. The van der Waals surface area contributed by atoms with Crippen molar-refractivity contribution >= 4 is 17.7 Å². The van der Waals surface area contributed by atoms with Crippen LogP contribution >= 0.6 is 0 Å². The van der Waals surface area contributed by atoms with E-state index in [-0.39, 0.29) is 5.75 Å². The molecule has 2 aliphatic rings. The summed E-state index contributed by atoms with van der Waals surface area (Å²) in [6.07, 6.45) is -3.13. The molecular formula is C15H7F3N4O. The number of aliphatic imine (C=N–C) groups is 1. The second-order valence-electron chi connectivity index (χ2n) is 4.87. The van der Waals surface area contributed by atoms with E-state index in [4.69, 9.17) is 0 Å². The molecule has 4 rings (SSSR count). The van der Waals surface area contributed by atoms with Crippen molar-refractivity contribution in [3.05, 3.63) is 58.2 Å². The van der Waals surface area contributed by atoms with Crippen LogP contribution in [-0.4, -0.2) is 18.4 Å². The number of benzene rings is 2. The largest absolute Gasteiger partial charge is 0.573 e. The summed E-state index contributed by atoms with van der Waals surface area (Å²) in [7, 11) is 0. The van der Waals surface area contributed by atoms with Crippen LogP contribution in [0.15, 0.2) is 56.6 Å². The Kier molecular flexibility index (Phi) is 2.80. The van der Waals surface area contributed by atoms with Gasteiger partial charge in [0.15, 0.2) is 5.84 Å². The molecule has 0 atom stereocenters. The Hall–Kier alpha value is -3.03. The second kappa shape index (κ2) is 4.73. The Labute approximate surface area is 127 Å². The lowest BCUT2D eigenvalue weighted by molar-refractivity contribution is -0.274. The van der Waals surface area contributed by atoms with Crippen LogP contribution in [0.5, 0.6) is 5.75 Å². The third kappa shape index (κ3) is 2.59. The van der Waals surface area contributed by atoms with E-state index in [1.54, 1.807) is 24.4 Å². The van der Waals surface area contributed by atoms with Crippen molar-refractivity contribution in [2.45, 2.75) is 6.36 Å². The fourth-order valence-corrected chi connectivity index (χ4v) is 2.32. The molecule has 0 aromatic heterocycles. The van der Waals surface area contributed by atoms with E-state index in [0.717, 1.165) is 5.56 Å². The van der Waals surface area contributed by atoms with Gasteiger partial charge in [0.1, 0.15) is 5.75 Å². The fourth-order valence-electron chi connectivity index (χ4n) is 2.32. The van der Waals surface area contributed by atoms with Crippen LogP contribution in [0, 0.1) is 0 Å². The summed E-state index contributed by atoms with van der Waals surface area (Å²) in [6, 6.07) is 9.09. The van der Waals surface area contributed by atoms with Crippen molar-refractivity contribution in [1.82, 2.24) is 0 Å². The molecular weight excluding hydrogens is 309 g/mol. The highest BCUT2D eigenvalue weighted by molar-refractivity contribution is 6.03. The third-order valence-corrected chi connectivity index (χ3v) is 3.26. The maximum Gasteiger partial charge on any atom is 0.573 e. The number of ether oxygens (including phenoxy) is 1. The lowest BCUT2D eigenvalue weighted by atomic mass is 10.2. The highest BCUT2D eigenvalue weighted by Gasteiger charge is 2.31. The predicted molar refractivity (Wildman–Crippen MR) is 75.7 cm³/mol. The molecule has 0 bridgehead atoms. The van der Waals surface area contributed by atoms with E-state index >= 15 is 0 Å². The van der Waals surface area contributed by atoms with Crippen LogP contribution in [0.4, 0.5) is 18.9 Å². The van der Waals surface area contributed by atoms with Gasteiger partial charge >= 0.3 is 6.36 Å². The molecule has 2 aromatic carbocycles. The second-order valence-corrected chi connectivity index (χ2v) is 4.87. The molecule has 0 unspecified atom stereocenters. The van der Waals surface area contributed by atoms with Crippen LogP contribution in [0.3, 0.4) is 0 Å². The minimum atomic E-state index is -4.74. The van der Waals surface area contributed by atoms with Gasteiger partial charge in [-0.1, -0.05) is 12.1 Å². The first-order valence-corrected chi connectivity index (χ1v) is 6.57. The Bertz CT molecular complexity index is 993. The number of amidine groups is 1. The zero-order valence-corrected chi connectivity index (χ0v) is 11.4. The first-order valence-electron chi connectivity index (χ1n) is 6.57. The molecule has 0 amide bonds. The van der Waals surface area contributed by atoms with Gasteiger partial charge in [-0.25, -0.2) is 9.98 Å². The first kappa shape index (κ1) is 13.6. The third-order valence-electron chi connectivity index (χ3n) is 3.26. The van der Waals surface area contributed by atoms with Crippen molar-refractivity contribution < 1.29 is 17.9 Å². The minimum Gasteiger partial charge on any atom is -0.406 e. The summed E-state index contributed by atoms with van der Waals surface area (Å²) in [5, 5.41) is 9.07. The van der Waals surface area contributed by atoms with E-state index in [1.807, 2.05) is 0 Å². The van der Waals surface area contributed by atoms with E-state index < -0.39 is 6.36 Å².